The molecule has 4 aromatic rings. The number of aromatic nitrogens is 3. The predicted molar refractivity (Wildman–Crippen MR) is 111 cm³/mol. The number of aryl methyl sites for hydroxylation is 1. The second-order valence-electron chi connectivity index (χ2n) is 5.99. The standard InChI is InChI=1S/C20H15IN4O/c1-13-2-9-17(10-3-13)25-23-18-11-8-16(12-19(18)24-25)22-20(26)14-4-6-15(21)7-5-14/h2-12H,1H3,(H,22,26). The van der Waals surface area contributed by atoms with E-state index in [4.69, 9.17) is 0 Å². The number of hydrogen-bond acceptors (Lipinski definition) is 3. The van der Waals surface area contributed by atoms with Crippen LogP contribution in [0.1, 0.15) is 15.9 Å². The third-order valence-corrected chi connectivity index (χ3v) is 4.73. The first-order chi connectivity index (χ1) is 12.6. The molecule has 6 heteroatoms. The minimum absolute atomic E-state index is 0.147. The lowest BCUT2D eigenvalue weighted by Crippen LogP contribution is -2.11. The third kappa shape index (κ3) is 3.45. The predicted octanol–water partition coefficient (Wildman–Crippen LogP) is 4.59. The molecule has 0 aliphatic rings. The number of halogens is 1. The molecule has 4 rings (SSSR count). The van der Waals surface area contributed by atoms with Crippen molar-refractivity contribution in [1.82, 2.24) is 15.0 Å². The van der Waals surface area contributed by atoms with Crippen molar-refractivity contribution < 1.29 is 4.79 Å². The number of carbonyl (C=O) groups is 1. The van der Waals surface area contributed by atoms with E-state index < -0.39 is 0 Å². The Morgan fingerprint density at radius 2 is 1.62 bits per heavy atom. The molecule has 5 nitrogen and oxygen atoms in total. The molecule has 0 unspecified atom stereocenters. The minimum atomic E-state index is -0.147. The van der Waals surface area contributed by atoms with Gasteiger partial charge in [-0.2, -0.15) is 4.80 Å². The summed E-state index contributed by atoms with van der Waals surface area (Å²) >= 11 is 2.21. The number of rotatable bonds is 3. The molecule has 0 saturated heterocycles. The number of amides is 1. The average Bonchev–Trinajstić information content (AvgIpc) is 3.06. The van der Waals surface area contributed by atoms with Crippen molar-refractivity contribution in [3.8, 4) is 5.69 Å². The summed E-state index contributed by atoms with van der Waals surface area (Å²) in [5, 5.41) is 11.9. The number of anilines is 1. The summed E-state index contributed by atoms with van der Waals surface area (Å²) in [7, 11) is 0. The third-order valence-electron chi connectivity index (χ3n) is 4.01. The zero-order valence-corrected chi connectivity index (χ0v) is 16.1. The molecule has 1 N–H and O–H groups in total. The number of carbonyl (C=O) groups excluding carboxylic acids is 1. The van der Waals surface area contributed by atoms with E-state index in [0.29, 0.717) is 11.3 Å². The molecule has 0 radical (unpaired) electrons. The van der Waals surface area contributed by atoms with Gasteiger partial charge in [0.1, 0.15) is 11.0 Å². The number of benzene rings is 3. The second-order valence-corrected chi connectivity index (χ2v) is 7.24. The van der Waals surface area contributed by atoms with Gasteiger partial charge in [0, 0.05) is 14.8 Å². The molecule has 1 aromatic heterocycles. The van der Waals surface area contributed by atoms with Gasteiger partial charge in [-0.15, -0.1) is 10.2 Å². The highest BCUT2D eigenvalue weighted by molar-refractivity contribution is 14.1. The molecule has 3 aromatic carbocycles. The number of fused-ring (bicyclic) bond motifs is 1. The lowest BCUT2D eigenvalue weighted by molar-refractivity contribution is 0.102. The monoisotopic (exact) mass is 454 g/mol. The van der Waals surface area contributed by atoms with E-state index in [-0.39, 0.29) is 5.91 Å². The van der Waals surface area contributed by atoms with Gasteiger partial charge in [0.05, 0.1) is 5.69 Å². The first-order valence-electron chi connectivity index (χ1n) is 8.09. The summed E-state index contributed by atoms with van der Waals surface area (Å²) in [6.45, 7) is 2.04. The van der Waals surface area contributed by atoms with Crippen molar-refractivity contribution in [2.45, 2.75) is 6.92 Å². The SMILES string of the molecule is Cc1ccc(-n2nc3ccc(NC(=O)c4ccc(I)cc4)cc3n2)cc1. The van der Waals surface area contributed by atoms with Gasteiger partial charge in [-0.1, -0.05) is 17.7 Å². The molecule has 0 fully saturated rings. The average molecular weight is 454 g/mol. The zero-order valence-electron chi connectivity index (χ0n) is 14.0. The Bertz CT molecular complexity index is 1090. The van der Waals surface area contributed by atoms with Gasteiger partial charge in [-0.3, -0.25) is 4.79 Å². The normalized spacial score (nSPS) is 10.8. The Hall–Kier alpha value is -2.74. The Balaban J connectivity index is 1.60. The van der Waals surface area contributed by atoms with Gasteiger partial charge in [0.25, 0.3) is 5.91 Å². The first-order valence-corrected chi connectivity index (χ1v) is 9.17. The largest absolute Gasteiger partial charge is 0.322 e. The van der Waals surface area contributed by atoms with Gasteiger partial charge in [-0.05, 0) is 84.1 Å². The second kappa shape index (κ2) is 6.87. The van der Waals surface area contributed by atoms with Crippen LogP contribution in [0.5, 0.6) is 0 Å². The molecule has 0 aliphatic heterocycles. The van der Waals surface area contributed by atoms with Gasteiger partial charge < -0.3 is 5.32 Å². The molecule has 0 atom stereocenters. The molecule has 0 spiro atoms. The van der Waals surface area contributed by atoms with Crippen LogP contribution in [0.2, 0.25) is 0 Å². The Morgan fingerprint density at radius 1 is 0.923 bits per heavy atom. The van der Waals surface area contributed by atoms with Crippen molar-refractivity contribution in [1.29, 1.82) is 0 Å². The Morgan fingerprint density at radius 3 is 2.35 bits per heavy atom. The van der Waals surface area contributed by atoms with E-state index in [1.165, 1.54) is 5.56 Å². The summed E-state index contributed by atoms with van der Waals surface area (Å²) in [5.41, 5.74) is 4.90. The molecular formula is C20H15IN4O. The molecule has 0 aliphatic carbocycles. The molecule has 26 heavy (non-hydrogen) atoms. The van der Waals surface area contributed by atoms with E-state index in [1.807, 2.05) is 73.7 Å². The van der Waals surface area contributed by atoms with Crippen LogP contribution < -0.4 is 5.32 Å². The number of nitrogens with zero attached hydrogens (tertiary/aromatic N) is 3. The highest BCUT2D eigenvalue weighted by Gasteiger charge is 2.09. The molecule has 1 amide bonds. The van der Waals surface area contributed by atoms with Gasteiger partial charge in [0.2, 0.25) is 0 Å². The number of hydrogen-bond donors (Lipinski definition) is 1. The summed E-state index contributed by atoms with van der Waals surface area (Å²) < 4.78 is 1.09. The van der Waals surface area contributed by atoms with Gasteiger partial charge >= 0.3 is 0 Å². The van der Waals surface area contributed by atoms with E-state index in [9.17, 15) is 4.79 Å². The topological polar surface area (TPSA) is 59.8 Å². The summed E-state index contributed by atoms with van der Waals surface area (Å²) in [4.78, 5) is 14.0. The maximum atomic E-state index is 12.4. The van der Waals surface area contributed by atoms with Crippen LogP contribution in [0.3, 0.4) is 0 Å². The van der Waals surface area contributed by atoms with E-state index in [1.54, 1.807) is 4.80 Å². The van der Waals surface area contributed by atoms with E-state index in [0.717, 1.165) is 20.3 Å². The van der Waals surface area contributed by atoms with Crippen molar-refractivity contribution in [3.63, 3.8) is 0 Å². The molecule has 0 bridgehead atoms. The fourth-order valence-electron chi connectivity index (χ4n) is 2.59. The summed E-state index contributed by atoms with van der Waals surface area (Å²) in [6.07, 6.45) is 0. The minimum Gasteiger partial charge on any atom is -0.322 e. The zero-order chi connectivity index (χ0) is 18.1. The fourth-order valence-corrected chi connectivity index (χ4v) is 2.95. The number of nitrogens with one attached hydrogen (secondary N) is 1. The van der Waals surface area contributed by atoms with Crippen molar-refractivity contribution in [3.05, 3.63) is 81.4 Å². The van der Waals surface area contributed by atoms with Crippen LogP contribution in [0.4, 0.5) is 5.69 Å². The lowest BCUT2D eigenvalue weighted by Gasteiger charge is -2.05. The van der Waals surface area contributed by atoms with Crippen molar-refractivity contribution in [2.24, 2.45) is 0 Å². The lowest BCUT2D eigenvalue weighted by atomic mass is 10.2. The highest BCUT2D eigenvalue weighted by Crippen LogP contribution is 2.19. The molecule has 1 heterocycles. The highest BCUT2D eigenvalue weighted by atomic mass is 127. The molecule has 128 valence electrons. The summed E-state index contributed by atoms with van der Waals surface area (Å²) in [6, 6.07) is 21.0. The van der Waals surface area contributed by atoms with Crippen LogP contribution in [0, 0.1) is 10.5 Å². The quantitative estimate of drug-likeness (QED) is 0.461. The maximum absolute atomic E-state index is 12.4. The van der Waals surface area contributed by atoms with Gasteiger partial charge in [-0.25, -0.2) is 0 Å². The van der Waals surface area contributed by atoms with Crippen molar-refractivity contribution >= 4 is 45.2 Å². The van der Waals surface area contributed by atoms with E-state index in [2.05, 4.69) is 38.1 Å². The van der Waals surface area contributed by atoms with Crippen LogP contribution in [0.15, 0.2) is 66.7 Å². The van der Waals surface area contributed by atoms with Gasteiger partial charge in [0.15, 0.2) is 0 Å². The molecular weight excluding hydrogens is 439 g/mol. The Kier molecular flexibility index (Phi) is 4.42. The first kappa shape index (κ1) is 16.7. The maximum Gasteiger partial charge on any atom is 0.255 e. The van der Waals surface area contributed by atoms with Crippen LogP contribution in [-0.2, 0) is 0 Å². The van der Waals surface area contributed by atoms with E-state index >= 15 is 0 Å². The smallest absolute Gasteiger partial charge is 0.255 e. The summed E-state index contributed by atoms with van der Waals surface area (Å²) in [5.74, 6) is -0.147. The fraction of sp³-hybridized carbons (Fsp3) is 0.0500. The van der Waals surface area contributed by atoms with Crippen LogP contribution in [-0.4, -0.2) is 20.9 Å². The molecule has 0 saturated carbocycles. The van der Waals surface area contributed by atoms with Crippen LogP contribution in [0.25, 0.3) is 16.7 Å². The Labute approximate surface area is 164 Å². The van der Waals surface area contributed by atoms with Crippen molar-refractivity contribution in [2.75, 3.05) is 5.32 Å². The van der Waals surface area contributed by atoms with Crippen LogP contribution >= 0.6 is 22.6 Å².